The number of aromatic carboxylic acids is 1. The molecule has 3 atom stereocenters. The lowest BCUT2D eigenvalue weighted by Gasteiger charge is -2.36. The van der Waals surface area contributed by atoms with Crippen LogP contribution in [0.4, 0.5) is 16.6 Å². The Hall–Kier alpha value is -7.43. The molecule has 0 bridgehead atoms. The van der Waals surface area contributed by atoms with E-state index in [-0.39, 0.29) is 29.5 Å². The highest BCUT2D eigenvalue weighted by Crippen LogP contribution is 2.37. The predicted octanol–water partition coefficient (Wildman–Crippen LogP) is 9.29. The number of nitrogens with zero attached hydrogens (tertiary/aromatic N) is 7. The Balaban J connectivity index is 0.654. The number of imide groups is 1. The molecule has 73 heavy (non-hydrogen) atoms. The number of nitrogens with one attached hydrogen (secondary N) is 2. The van der Waals surface area contributed by atoms with Crippen LogP contribution in [0, 0.1) is 12.8 Å². The molecule has 0 spiro atoms. The third-order valence-corrected chi connectivity index (χ3v) is 16.0. The number of hydrogen-bond donors (Lipinski definition) is 3. The van der Waals surface area contributed by atoms with Gasteiger partial charge in [-0.3, -0.25) is 34.6 Å². The van der Waals surface area contributed by atoms with E-state index in [0.29, 0.717) is 60.3 Å². The van der Waals surface area contributed by atoms with Crippen LogP contribution >= 0.6 is 11.3 Å². The number of thiazole rings is 1. The van der Waals surface area contributed by atoms with E-state index in [0.717, 1.165) is 119 Å². The van der Waals surface area contributed by atoms with Crippen molar-refractivity contribution >= 4 is 72.8 Å². The number of carbonyl (C=O) groups is 4. The molecule has 4 aliphatic rings. The minimum absolute atomic E-state index is 0.0230. The third kappa shape index (κ3) is 10.1. The highest BCUT2D eigenvalue weighted by molar-refractivity contribution is 7.22. The number of benzene rings is 4. The smallest absolute Gasteiger partial charge is 0.355 e. The minimum Gasteiger partial charge on any atom is -0.486 e. The number of anilines is 3. The number of pyridine rings is 1. The van der Waals surface area contributed by atoms with Gasteiger partial charge in [0.2, 0.25) is 11.8 Å². The van der Waals surface area contributed by atoms with Gasteiger partial charge >= 0.3 is 5.97 Å². The van der Waals surface area contributed by atoms with Gasteiger partial charge in [0.05, 0.1) is 33.0 Å². The van der Waals surface area contributed by atoms with E-state index in [4.69, 9.17) is 14.8 Å². The molecule has 2 saturated heterocycles. The highest BCUT2D eigenvalue weighted by atomic mass is 32.1. The number of aromatic nitrogens is 4. The molecule has 374 valence electrons. The lowest BCUT2D eigenvalue weighted by atomic mass is 9.90. The molecule has 15 nitrogen and oxygen atoms in total. The molecule has 0 saturated carbocycles. The number of piperidine rings is 1. The second kappa shape index (κ2) is 20.6. The summed E-state index contributed by atoms with van der Waals surface area (Å²) in [7, 11) is 1.94. The van der Waals surface area contributed by atoms with Crippen LogP contribution in [-0.4, -0.2) is 98.8 Å². The van der Waals surface area contributed by atoms with Crippen LogP contribution in [0.2, 0.25) is 0 Å². The normalized spacial score (nSPS) is 19.3. The SMILES string of the molecule is Cc1cc(OC2C=CC(CCCCN3CCN(c4cccc5c(C6CCC(=O)NC6=O)nn(C)c45)CC3)CC2)ccc1-c1ccc(N2CCc3cccc(C(=O)Nc4nc5ccccc5s4)c3C2)nc1C(=O)O. The van der Waals surface area contributed by atoms with Crippen molar-refractivity contribution in [3.8, 4) is 16.9 Å². The summed E-state index contributed by atoms with van der Waals surface area (Å²) in [5.74, 6) is -0.397. The molecule has 11 rings (SSSR count). The number of fused-ring (bicyclic) bond motifs is 3. The van der Waals surface area contributed by atoms with Crippen molar-refractivity contribution in [1.82, 2.24) is 30.0 Å². The number of rotatable bonds is 14. The molecule has 1 aliphatic carbocycles. The molecule has 3 amide bonds. The van der Waals surface area contributed by atoms with Gasteiger partial charge in [0.25, 0.3) is 5.91 Å². The molecular weight excluding hydrogens is 939 g/mol. The summed E-state index contributed by atoms with van der Waals surface area (Å²) >= 11 is 1.44. The molecule has 3 unspecified atom stereocenters. The number of hydrogen-bond acceptors (Lipinski definition) is 12. The number of ether oxygens (including phenoxy) is 1. The van der Waals surface area contributed by atoms with E-state index in [9.17, 15) is 24.3 Å². The van der Waals surface area contributed by atoms with Gasteiger partial charge in [-0.05, 0) is 135 Å². The van der Waals surface area contributed by atoms with Crippen LogP contribution in [0.5, 0.6) is 5.75 Å². The maximum Gasteiger partial charge on any atom is 0.355 e. The second-order valence-corrected chi connectivity index (χ2v) is 20.8. The minimum atomic E-state index is -1.11. The average molecular weight is 998 g/mol. The van der Waals surface area contributed by atoms with Crippen LogP contribution in [0.15, 0.2) is 103 Å². The number of carboxylic acids is 1. The number of carboxylic acid groups (broad SMARTS) is 1. The first-order chi connectivity index (χ1) is 35.5. The summed E-state index contributed by atoms with van der Waals surface area (Å²) in [6.07, 6.45) is 11.5. The van der Waals surface area contributed by atoms with Crippen LogP contribution in [0.1, 0.15) is 94.1 Å². The van der Waals surface area contributed by atoms with Crippen LogP contribution in [-0.2, 0) is 29.6 Å². The van der Waals surface area contributed by atoms with Crippen LogP contribution < -0.4 is 25.2 Å². The lowest BCUT2D eigenvalue weighted by Crippen LogP contribution is -2.46. The largest absolute Gasteiger partial charge is 0.486 e. The number of unbranched alkanes of at least 4 members (excludes halogenated alkanes) is 1. The summed E-state index contributed by atoms with van der Waals surface area (Å²) in [6.45, 7) is 7.94. The van der Waals surface area contributed by atoms with Gasteiger partial charge in [0.1, 0.15) is 17.7 Å². The van der Waals surface area contributed by atoms with Crippen molar-refractivity contribution < 1.29 is 29.0 Å². The van der Waals surface area contributed by atoms with E-state index in [1.54, 1.807) is 0 Å². The van der Waals surface area contributed by atoms with Gasteiger partial charge in [-0.15, -0.1) is 0 Å². The molecule has 4 aromatic carbocycles. The van der Waals surface area contributed by atoms with Gasteiger partial charge in [-0.1, -0.05) is 66.3 Å². The third-order valence-electron chi connectivity index (χ3n) is 15.1. The van der Waals surface area contributed by atoms with Gasteiger partial charge in [-0.2, -0.15) is 5.10 Å². The number of aryl methyl sites for hydroxylation is 2. The maximum atomic E-state index is 13.6. The van der Waals surface area contributed by atoms with E-state index in [1.165, 1.54) is 17.8 Å². The first kappa shape index (κ1) is 47.9. The van der Waals surface area contributed by atoms with E-state index < -0.39 is 11.9 Å². The van der Waals surface area contributed by atoms with Gasteiger partial charge in [0, 0.05) is 69.3 Å². The van der Waals surface area contributed by atoms with Gasteiger partial charge in [-0.25, -0.2) is 14.8 Å². The van der Waals surface area contributed by atoms with E-state index in [2.05, 4.69) is 49.7 Å². The zero-order chi connectivity index (χ0) is 50.2. The standard InChI is InChI=1S/C57H59N9O6S/c1-35-33-39(20-21-40(35)41-22-24-49(59-52(41)56(70)71)66-28-26-37-10-7-11-42(45(37)34-66)54(68)61-57-58-46-13-3-4-15-48(46)73-57)72-38-18-16-36(17-19-38)9-5-6-27-64-29-31-65(32-30-64)47-14-8-12-43-51(62-63(2)53(43)47)44-23-25-50(67)60-55(44)69/h3-4,7-8,10-16,18,20-22,24,33,36,38,44H,5-6,9,17,19,23,25-32,34H2,1-2H3,(H,70,71)(H,58,61,68)(H,60,67,69). The summed E-state index contributed by atoms with van der Waals surface area (Å²) in [5, 5.41) is 22.3. The second-order valence-electron chi connectivity index (χ2n) is 19.8. The first-order valence-electron chi connectivity index (χ1n) is 25.5. The van der Waals surface area contributed by atoms with Crippen molar-refractivity contribution in [1.29, 1.82) is 0 Å². The Morgan fingerprint density at radius 1 is 0.849 bits per heavy atom. The Kier molecular flexibility index (Phi) is 13.5. The Labute approximate surface area is 427 Å². The predicted molar refractivity (Wildman–Crippen MR) is 285 cm³/mol. The van der Waals surface area contributed by atoms with Crippen molar-refractivity contribution in [2.45, 2.75) is 76.9 Å². The zero-order valence-corrected chi connectivity index (χ0v) is 42.0. The molecule has 7 aromatic rings. The lowest BCUT2D eigenvalue weighted by molar-refractivity contribution is -0.134. The van der Waals surface area contributed by atoms with Crippen molar-refractivity contribution in [2.24, 2.45) is 13.0 Å². The number of para-hydroxylation sites is 2. The molecule has 2 fully saturated rings. The number of allylic oxidation sites excluding steroid dienone is 1. The average Bonchev–Trinajstić information content (AvgIpc) is 3.97. The molecule has 0 radical (unpaired) electrons. The monoisotopic (exact) mass is 997 g/mol. The quantitative estimate of drug-likeness (QED) is 0.0536. The number of carbonyl (C=O) groups excluding carboxylic acids is 3. The van der Waals surface area contributed by atoms with Crippen molar-refractivity contribution in [3.05, 3.63) is 137 Å². The summed E-state index contributed by atoms with van der Waals surface area (Å²) < 4.78 is 9.36. The molecular formula is C57H59N9O6S. The molecule has 6 heterocycles. The molecule has 3 aliphatic heterocycles. The van der Waals surface area contributed by atoms with Gasteiger partial charge in [0.15, 0.2) is 10.8 Å². The Bertz CT molecular complexity index is 3270. The fourth-order valence-corrected chi connectivity index (χ4v) is 12.1. The molecule has 3 aromatic heterocycles. The zero-order valence-electron chi connectivity index (χ0n) is 41.2. The van der Waals surface area contributed by atoms with Gasteiger partial charge < -0.3 is 19.6 Å². The van der Waals surface area contributed by atoms with E-state index in [1.807, 2.05) is 102 Å². The van der Waals surface area contributed by atoms with Crippen molar-refractivity contribution in [3.63, 3.8) is 0 Å². The fourth-order valence-electron chi connectivity index (χ4n) is 11.2. The Morgan fingerprint density at radius 3 is 2.48 bits per heavy atom. The summed E-state index contributed by atoms with van der Waals surface area (Å²) in [6, 6.07) is 29.4. The first-order valence-corrected chi connectivity index (χ1v) is 26.3. The fraction of sp³-hybridized carbons (Fsp3) is 0.351. The van der Waals surface area contributed by atoms with Crippen LogP contribution in [0.25, 0.3) is 32.2 Å². The van der Waals surface area contributed by atoms with E-state index >= 15 is 0 Å². The summed E-state index contributed by atoms with van der Waals surface area (Å²) in [5.41, 5.74) is 8.51. The molecule has 3 N–H and O–H groups in total. The topological polar surface area (TPSA) is 175 Å². The molecule has 16 heteroatoms. The Morgan fingerprint density at radius 2 is 1.68 bits per heavy atom. The maximum absolute atomic E-state index is 13.6. The number of amides is 3. The van der Waals surface area contributed by atoms with Crippen LogP contribution in [0.3, 0.4) is 0 Å². The summed E-state index contributed by atoms with van der Waals surface area (Å²) in [4.78, 5) is 67.3. The number of piperazine rings is 1. The highest BCUT2D eigenvalue weighted by Gasteiger charge is 2.33. The van der Waals surface area contributed by atoms with Crippen molar-refractivity contribution in [2.75, 3.05) is 54.4 Å².